The van der Waals surface area contributed by atoms with Gasteiger partial charge in [-0.05, 0) is 19.9 Å². The first-order valence-corrected chi connectivity index (χ1v) is 5.60. The second-order valence-electron chi connectivity index (χ2n) is 4.26. The van der Waals surface area contributed by atoms with Crippen LogP contribution in [0.15, 0.2) is 6.07 Å². The van der Waals surface area contributed by atoms with Crippen molar-refractivity contribution in [1.82, 2.24) is 20.0 Å². The summed E-state index contributed by atoms with van der Waals surface area (Å²) in [5.74, 6) is -0.251. The number of nitrogens with one attached hydrogen (secondary N) is 1. The summed E-state index contributed by atoms with van der Waals surface area (Å²) in [6.45, 7) is 4.61. The molecule has 0 aliphatic carbocycles. The van der Waals surface area contributed by atoms with Gasteiger partial charge >= 0.3 is 0 Å². The minimum Gasteiger partial charge on any atom is -0.353 e. The first-order valence-electron chi connectivity index (χ1n) is 5.60. The summed E-state index contributed by atoms with van der Waals surface area (Å²) in [6.07, 6.45) is 0. The van der Waals surface area contributed by atoms with Crippen LogP contribution in [0.1, 0.15) is 23.1 Å². The summed E-state index contributed by atoms with van der Waals surface area (Å²) in [7, 11) is 1.73. The molecule has 1 saturated heterocycles. The fourth-order valence-corrected chi connectivity index (χ4v) is 2.02. The normalized spacial score (nSPS) is 20.3. The molecule has 0 spiro atoms. The third kappa shape index (κ3) is 2.02. The Hall–Kier alpha value is -1.85. The standard InChI is InChI=1S/C11H16N4O2/c1-7-6-9(14(3)13-7)11(17)15-5-4-12-10(16)8(15)2/h6,8H,4-5H2,1-3H3,(H,12,16). The number of aryl methyl sites for hydroxylation is 2. The van der Waals surface area contributed by atoms with Crippen molar-refractivity contribution in [3.63, 3.8) is 0 Å². The average molecular weight is 236 g/mol. The number of hydrogen-bond donors (Lipinski definition) is 1. The molecule has 1 fully saturated rings. The molecule has 2 rings (SSSR count). The van der Waals surface area contributed by atoms with E-state index in [2.05, 4.69) is 10.4 Å². The Morgan fingerprint density at radius 3 is 2.88 bits per heavy atom. The zero-order valence-corrected chi connectivity index (χ0v) is 10.2. The van der Waals surface area contributed by atoms with E-state index in [4.69, 9.17) is 0 Å². The molecule has 0 aromatic carbocycles. The van der Waals surface area contributed by atoms with E-state index in [1.54, 1.807) is 29.6 Å². The fraction of sp³-hybridized carbons (Fsp3) is 0.545. The van der Waals surface area contributed by atoms with E-state index in [9.17, 15) is 9.59 Å². The van der Waals surface area contributed by atoms with E-state index < -0.39 is 6.04 Å². The van der Waals surface area contributed by atoms with Gasteiger partial charge in [0.25, 0.3) is 5.91 Å². The molecule has 92 valence electrons. The third-order valence-corrected chi connectivity index (χ3v) is 2.98. The van der Waals surface area contributed by atoms with Gasteiger partial charge in [0.05, 0.1) is 5.69 Å². The van der Waals surface area contributed by atoms with E-state index in [0.29, 0.717) is 18.8 Å². The van der Waals surface area contributed by atoms with Crippen LogP contribution in [0.25, 0.3) is 0 Å². The zero-order valence-electron chi connectivity index (χ0n) is 10.2. The van der Waals surface area contributed by atoms with Crippen LogP contribution in [-0.2, 0) is 11.8 Å². The molecule has 2 amide bonds. The van der Waals surface area contributed by atoms with E-state index >= 15 is 0 Å². The van der Waals surface area contributed by atoms with Gasteiger partial charge in [0.15, 0.2) is 0 Å². The van der Waals surface area contributed by atoms with Gasteiger partial charge in [0.2, 0.25) is 5.91 Å². The van der Waals surface area contributed by atoms with E-state index in [-0.39, 0.29) is 11.8 Å². The molecule has 1 N–H and O–H groups in total. The molecule has 6 heteroatoms. The minimum absolute atomic E-state index is 0.108. The summed E-state index contributed by atoms with van der Waals surface area (Å²) < 4.78 is 1.55. The fourth-order valence-electron chi connectivity index (χ4n) is 2.02. The first kappa shape index (κ1) is 11.6. The van der Waals surface area contributed by atoms with Crippen molar-refractivity contribution in [3.05, 3.63) is 17.5 Å². The van der Waals surface area contributed by atoms with Crippen molar-refractivity contribution in [2.75, 3.05) is 13.1 Å². The van der Waals surface area contributed by atoms with Crippen LogP contribution >= 0.6 is 0 Å². The molecule has 1 unspecified atom stereocenters. The van der Waals surface area contributed by atoms with Crippen LogP contribution in [-0.4, -0.2) is 45.6 Å². The highest BCUT2D eigenvalue weighted by Gasteiger charge is 2.31. The van der Waals surface area contributed by atoms with Crippen molar-refractivity contribution in [1.29, 1.82) is 0 Å². The van der Waals surface area contributed by atoms with Crippen LogP contribution in [0.5, 0.6) is 0 Å². The van der Waals surface area contributed by atoms with Gasteiger partial charge in [-0.1, -0.05) is 0 Å². The lowest BCUT2D eigenvalue weighted by molar-refractivity contribution is -0.127. The number of aromatic nitrogens is 2. The number of nitrogens with zero attached hydrogens (tertiary/aromatic N) is 3. The summed E-state index contributed by atoms with van der Waals surface area (Å²) >= 11 is 0. The SMILES string of the molecule is Cc1cc(C(=O)N2CCNC(=O)C2C)n(C)n1. The number of hydrogen-bond acceptors (Lipinski definition) is 3. The summed E-state index contributed by atoms with van der Waals surface area (Å²) in [5, 5.41) is 6.87. The predicted octanol–water partition coefficient (Wildman–Crippen LogP) is -0.311. The average Bonchev–Trinajstić information content (AvgIpc) is 2.61. The second kappa shape index (κ2) is 4.20. The first-order chi connectivity index (χ1) is 8.00. The van der Waals surface area contributed by atoms with Gasteiger partial charge < -0.3 is 10.2 Å². The largest absolute Gasteiger partial charge is 0.353 e. The maximum absolute atomic E-state index is 12.3. The maximum atomic E-state index is 12.3. The van der Waals surface area contributed by atoms with Gasteiger partial charge in [-0.15, -0.1) is 0 Å². The van der Waals surface area contributed by atoms with Crippen molar-refractivity contribution in [3.8, 4) is 0 Å². The highest BCUT2D eigenvalue weighted by Crippen LogP contribution is 2.11. The number of carbonyl (C=O) groups excluding carboxylic acids is 2. The highest BCUT2D eigenvalue weighted by atomic mass is 16.2. The number of rotatable bonds is 1. The van der Waals surface area contributed by atoms with E-state index in [1.165, 1.54) is 0 Å². The van der Waals surface area contributed by atoms with Crippen LogP contribution in [0.2, 0.25) is 0 Å². The molecular formula is C11H16N4O2. The molecule has 1 atom stereocenters. The monoisotopic (exact) mass is 236 g/mol. The number of piperazine rings is 1. The number of amides is 2. The summed E-state index contributed by atoms with van der Waals surface area (Å²) in [6, 6.07) is 1.31. The van der Waals surface area contributed by atoms with Gasteiger partial charge in [-0.3, -0.25) is 14.3 Å². The van der Waals surface area contributed by atoms with Crippen LogP contribution < -0.4 is 5.32 Å². The van der Waals surface area contributed by atoms with Gasteiger partial charge in [-0.25, -0.2) is 0 Å². The molecule has 1 aromatic heterocycles. The van der Waals surface area contributed by atoms with Crippen molar-refractivity contribution in [2.24, 2.45) is 7.05 Å². The predicted molar refractivity (Wildman–Crippen MR) is 61.5 cm³/mol. The molecular weight excluding hydrogens is 220 g/mol. The molecule has 6 nitrogen and oxygen atoms in total. The van der Waals surface area contributed by atoms with Gasteiger partial charge in [-0.2, -0.15) is 5.10 Å². The van der Waals surface area contributed by atoms with E-state index in [0.717, 1.165) is 5.69 Å². The Labute approximate surface area is 99.6 Å². The Morgan fingerprint density at radius 1 is 1.59 bits per heavy atom. The second-order valence-corrected chi connectivity index (χ2v) is 4.26. The zero-order chi connectivity index (χ0) is 12.6. The maximum Gasteiger partial charge on any atom is 0.272 e. The Balaban J connectivity index is 2.25. The van der Waals surface area contributed by atoms with E-state index in [1.807, 2.05) is 6.92 Å². The van der Waals surface area contributed by atoms with Gasteiger partial charge in [0, 0.05) is 20.1 Å². The van der Waals surface area contributed by atoms with Crippen molar-refractivity contribution in [2.45, 2.75) is 19.9 Å². The lowest BCUT2D eigenvalue weighted by Crippen LogP contribution is -2.56. The lowest BCUT2D eigenvalue weighted by atomic mass is 10.2. The summed E-state index contributed by atoms with van der Waals surface area (Å²) in [4.78, 5) is 25.4. The van der Waals surface area contributed by atoms with Crippen LogP contribution in [0.4, 0.5) is 0 Å². The topological polar surface area (TPSA) is 67.2 Å². The smallest absolute Gasteiger partial charge is 0.272 e. The third-order valence-electron chi connectivity index (χ3n) is 2.98. The molecule has 1 aliphatic rings. The molecule has 1 aliphatic heterocycles. The molecule has 17 heavy (non-hydrogen) atoms. The summed E-state index contributed by atoms with van der Waals surface area (Å²) in [5.41, 5.74) is 1.31. The van der Waals surface area contributed by atoms with Crippen LogP contribution in [0, 0.1) is 6.92 Å². The Kier molecular flexibility index (Phi) is 2.87. The highest BCUT2D eigenvalue weighted by molar-refractivity contribution is 5.97. The van der Waals surface area contributed by atoms with Gasteiger partial charge in [0.1, 0.15) is 11.7 Å². The molecule has 1 aromatic rings. The Morgan fingerprint density at radius 2 is 2.29 bits per heavy atom. The van der Waals surface area contributed by atoms with Crippen molar-refractivity contribution < 1.29 is 9.59 Å². The minimum atomic E-state index is -0.425. The molecule has 0 bridgehead atoms. The van der Waals surface area contributed by atoms with Crippen molar-refractivity contribution >= 4 is 11.8 Å². The molecule has 0 radical (unpaired) electrons. The number of carbonyl (C=O) groups is 2. The molecule has 0 saturated carbocycles. The van der Waals surface area contributed by atoms with Crippen LogP contribution in [0.3, 0.4) is 0 Å². The Bertz CT molecular complexity index is 466. The quantitative estimate of drug-likeness (QED) is 0.727. The molecule has 2 heterocycles. The lowest BCUT2D eigenvalue weighted by Gasteiger charge is -2.32.